The molecule has 0 bridgehead atoms. The molecule has 29 heavy (non-hydrogen) atoms. The van der Waals surface area contributed by atoms with Gasteiger partial charge in [-0.3, -0.25) is 0 Å². The number of nitrogens with zero attached hydrogens (tertiary/aromatic N) is 3. The number of likely N-dealkylation sites (N-methyl/N-ethyl adjacent to an activating group) is 1. The molecule has 10 heteroatoms. The summed E-state index contributed by atoms with van der Waals surface area (Å²) in [5, 5.41) is 31.4. The van der Waals surface area contributed by atoms with Crippen molar-refractivity contribution in [3.05, 3.63) is 29.3 Å². The molecule has 1 unspecified atom stereocenters. The van der Waals surface area contributed by atoms with Gasteiger partial charge in [0.2, 0.25) is 0 Å². The highest BCUT2D eigenvalue weighted by Gasteiger charge is 2.35. The van der Waals surface area contributed by atoms with Crippen LogP contribution in [0.25, 0.3) is 11.3 Å². The third kappa shape index (κ3) is 4.64. The highest BCUT2D eigenvalue weighted by atomic mass is 19.4. The Hall–Kier alpha value is -2.33. The quantitative estimate of drug-likeness (QED) is 0.660. The van der Waals surface area contributed by atoms with Gasteiger partial charge in [-0.15, -0.1) is 10.2 Å². The number of likely N-dealkylation sites (tertiary alicyclic amines) is 1. The Bertz CT molecular complexity index is 879. The molecule has 1 aromatic carbocycles. The van der Waals surface area contributed by atoms with E-state index in [0.717, 1.165) is 38.1 Å². The Labute approximate surface area is 168 Å². The van der Waals surface area contributed by atoms with E-state index in [1.807, 2.05) is 0 Å². The number of aliphatic hydroxyl groups excluding tert-OH is 1. The number of hydrogen-bond donors (Lipinski definition) is 3. The summed E-state index contributed by atoms with van der Waals surface area (Å²) in [5.41, 5.74) is -0.695. The van der Waals surface area contributed by atoms with Crippen molar-refractivity contribution in [2.24, 2.45) is 0 Å². The first-order valence-corrected chi connectivity index (χ1v) is 9.40. The van der Waals surface area contributed by atoms with E-state index in [9.17, 15) is 23.4 Å². The van der Waals surface area contributed by atoms with Crippen molar-refractivity contribution >= 4 is 18.6 Å². The normalized spacial score (nSPS) is 17.9. The minimum absolute atomic E-state index is 0.0894. The second-order valence-electron chi connectivity index (χ2n) is 7.21. The number of piperidine rings is 1. The minimum Gasteiger partial charge on any atom is -0.507 e. The lowest BCUT2D eigenvalue weighted by Crippen LogP contribution is -2.40. The van der Waals surface area contributed by atoms with Crippen molar-refractivity contribution in [1.29, 1.82) is 0 Å². The molecule has 1 radical (unpaired) electrons. The average molecular weight is 407 g/mol. The number of aromatic nitrogens is 2. The molecular formula is C19H23BF3N4O2. The van der Waals surface area contributed by atoms with Crippen LogP contribution < -0.4 is 10.8 Å². The van der Waals surface area contributed by atoms with Crippen LogP contribution in [-0.4, -0.2) is 58.8 Å². The number of aliphatic hydroxyl groups is 1. The first kappa shape index (κ1) is 21.4. The Morgan fingerprint density at radius 2 is 2.07 bits per heavy atom. The number of phenols is 1. The van der Waals surface area contributed by atoms with Crippen LogP contribution in [0.5, 0.6) is 5.75 Å². The number of halogens is 3. The molecule has 6 nitrogen and oxygen atoms in total. The van der Waals surface area contributed by atoms with E-state index in [1.54, 1.807) is 20.2 Å². The molecular weight excluding hydrogens is 384 g/mol. The van der Waals surface area contributed by atoms with Crippen molar-refractivity contribution in [1.82, 2.24) is 15.1 Å². The monoisotopic (exact) mass is 407 g/mol. The lowest BCUT2D eigenvalue weighted by Gasteiger charge is -2.30. The standard InChI is InChI=1S/C19H23BF3N4O2/c1-20-15-8-16(24-11-4-3-7-27(2)9-11)25-26-17(15)12-5-6-14(19(21,22)23)13(10-28)18(12)29/h5-6,8,11,28-29H,3-4,7,9-10H2,1-2H3,(H,24,25). The summed E-state index contributed by atoms with van der Waals surface area (Å²) < 4.78 is 39.4. The lowest BCUT2D eigenvalue weighted by molar-refractivity contribution is -0.138. The number of hydrogen-bond acceptors (Lipinski definition) is 6. The molecule has 1 fully saturated rings. The molecule has 155 valence electrons. The first-order chi connectivity index (χ1) is 13.7. The van der Waals surface area contributed by atoms with Crippen molar-refractivity contribution in [2.75, 3.05) is 25.5 Å². The Morgan fingerprint density at radius 1 is 1.31 bits per heavy atom. The van der Waals surface area contributed by atoms with E-state index in [2.05, 4.69) is 27.5 Å². The van der Waals surface area contributed by atoms with Crippen LogP contribution in [0.2, 0.25) is 6.82 Å². The average Bonchev–Trinajstić information content (AvgIpc) is 2.67. The van der Waals surface area contributed by atoms with Crippen molar-refractivity contribution in [3.63, 3.8) is 0 Å². The van der Waals surface area contributed by atoms with Crippen LogP contribution in [0.15, 0.2) is 18.2 Å². The van der Waals surface area contributed by atoms with Gasteiger partial charge in [0.25, 0.3) is 0 Å². The molecule has 1 saturated heterocycles. The summed E-state index contributed by atoms with van der Waals surface area (Å²) in [6.45, 7) is 2.76. The minimum atomic E-state index is -4.68. The van der Waals surface area contributed by atoms with Crippen LogP contribution in [-0.2, 0) is 12.8 Å². The molecule has 0 saturated carbocycles. The summed E-state index contributed by atoms with van der Waals surface area (Å²) in [4.78, 5) is 2.23. The maximum Gasteiger partial charge on any atom is 0.416 e. The number of benzene rings is 1. The molecule has 1 aliphatic heterocycles. The van der Waals surface area contributed by atoms with Crippen molar-refractivity contribution in [2.45, 2.75) is 38.5 Å². The zero-order valence-corrected chi connectivity index (χ0v) is 16.3. The van der Waals surface area contributed by atoms with Gasteiger partial charge in [-0.1, -0.05) is 12.3 Å². The summed E-state index contributed by atoms with van der Waals surface area (Å²) >= 11 is 0. The van der Waals surface area contributed by atoms with Gasteiger partial charge in [0.15, 0.2) is 7.28 Å². The second-order valence-corrected chi connectivity index (χ2v) is 7.21. The molecule has 2 heterocycles. The highest BCUT2D eigenvalue weighted by molar-refractivity contribution is 6.54. The van der Waals surface area contributed by atoms with Gasteiger partial charge >= 0.3 is 6.18 Å². The summed E-state index contributed by atoms with van der Waals surface area (Å²) in [6, 6.07) is 3.98. The summed E-state index contributed by atoms with van der Waals surface area (Å²) in [5.74, 6) is -0.0785. The van der Waals surface area contributed by atoms with E-state index in [-0.39, 0.29) is 17.3 Å². The van der Waals surface area contributed by atoms with Gasteiger partial charge in [0, 0.05) is 23.7 Å². The van der Waals surface area contributed by atoms with Crippen molar-refractivity contribution in [3.8, 4) is 17.0 Å². The molecule has 0 aliphatic carbocycles. The fraction of sp³-hybridized carbons (Fsp3) is 0.474. The first-order valence-electron chi connectivity index (χ1n) is 9.40. The van der Waals surface area contributed by atoms with E-state index in [1.165, 1.54) is 0 Å². The summed E-state index contributed by atoms with van der Waals surface area (Å²) in [6.07, 6.45) is -2.59. The molecule has 1 atom stereocenters. The van der Waals surface area contributed by atoms with Gasteiger partial charge in [-0.05, 0) is 44.6 Å². The van der Waals surface area contributed by atoms with Crippen LogP contribution >= 0.6 is 0 Å². The van der Waals surface area contributed by atoms with Gasteiger partial charge in [0.1, 0.15) is 11.6 Å². The van der Waals surface area contributed by atoms with Gasteiger partial charge in [0.05, 0.1) is 17.9 Å². The molecule has 0 spiro atoms. The maximum absolute atomic E-state index is 13.1. The second kappa shape index (κ2) is 8.58. The zero-order chi connectivity index (χ0) is 21.2. The lowest BCUT2D eigenvalue weighted by atomic mass is 9.71. The zero-order valence-electron chi connectivity index (χ0n) is 16.3. The van der Waals surface area contributed by atoms with E-state index in [0.29, 0.717) is 11.3 Å². The van der Waals surface area contributed by atoms with E-state index < -0.39 is 29.7 Å². The molecule has 3 rings (SSSR count). The van der Waals surface area contributed by atoms with Crippen LogP contribution in [0.4, 0.5) is 19.0 Å². The molecule has 0 amide bonds. The largest absolute Gasteiger partial charge is 0.507 e. The van der Waals surface area contributed by atoms with Gasteiger partial charge in [-0.25, -0.2) is 0 Å². The van der Waals surface area contributed by atoms with Gasteiger partial charge in [-0.2, -0.15) is 13.2 Å². The van der Waals surface area contributed by atoms with Gasteiger partial charge < -0.3 is 20.4 Å². The van der Waals surface area contributed by atoms with Crippen molar-refractivity contribution < 1.29 is 23.4 Å². The smallest absolute Gasteiger partial charge is 0.416 e. The van der Waals surface area contributed by atoms with Crippen LogP contribution in [0.1, 0.15) is 24.0 Å². The number of nitrogens with one attached hydrogen (secondary N) is 1. The Kier molecular flexibility index (Phi) is 6.33. The maximum atomic E-state index is 13.1. The molecule has 2 aromatic rings. The predicted octanol–water partition coefficient (Wildman–Crippen LogP) is 2.24. The molecule has 3 N–H and O–H groups in total. The van der Waals surface area contributed by atoms with Crippen LogP contribution in [0, 0.1) is 0 Å². The SMILES string of the molecule is C[B]c1cc(NC2CCCN(C)C2)nnc1-c1ccc(C(F)(F)F)c(CO)c1O. The third-order valence-electron chi connectivity index (χ3n) is 5.11. The molecule has 1 aromatic heterocycles. The number of alkyl halides is 3. The Balaban J connectivity index is 1.95. The number of rotatable bonds is 5. The predicted molar refractivity (Wildman–Crippen MR) is 105 cm³/mol. The summed E-state index contributed by atoms with van der Waals surface area (Å²) in [7, 11) is 3.80. The fourth-order valence-electron chi connectivity index (χ4n) is 3.65. The topological polar surface area (TPSA) is 81.5 Å². The number of anilines is 1. The third-order valence-corrected chi connectivity index (χ3v) is 5.11. The van der Waals surface area contributed by atoms with E-state index in [4.69, 9.17) is 0 Å². The highest BCUT2D eigenvalue weighted by Crippen LogP contribution is 2.40. The van der Waals surface area contributed by atoms with Crippen LogP contribution in [0.3, 0.4) is 0 Å². The Morgan fingerprint density at radius 3 is 2.69 bits per heavy atom. The fourth-order valence-corrected chi connectivity index (χ4v) is 3.65. The van der Waals surface area contributed by atoms with E-state index >= 15 is 0 Å². The molecule has 1 aliphatic rings. The number of aromatic hydroxyl groups is 1.